The molecule has 2 amide bonds. The van der Waals surface area contributed by atoms with Crippen LogP contribution < -0.4 is 9.64 Å². The fourth-order valence-electron chi connectivity index (χ4n) is 5.65. The number of methoxy groups -OCH3 is 1. The van der Waals surface area contributed by atoms with E-state index in [1.54, 1.807) is 46.1 Å². The molecule has 0 radical (unpaired) electrons. The van der Waals surface area contributed by atoms with E-state index < -0.39 is 5.82 Å². The van der Waals surface area contributed by atoms with Crippen LogP contribution in [0.1, 0.15) is 28.9 Å². The minimum absolute atomic E-state index is 0.0396. The standard InChI is InChI=1S/C30H31ClFN7O3/c1-42-26-7-3-2-6-25(26)36-13-15-37(16-14-36)30(41)24-18-22-23(31)17-21(28(32)29(22)34-24)20-5-4-10-38(19-20)27(40)8-11-39-12-9-33-35-39/h2-3,5-7,9,12,17-18,34H,4,8,10-11,13-16,19H2,1H3. The highest BCUT2D eigenvalue weighted by atomic mass is 35.5. The zero-order valence-corrected chi connectivity index (χ0v) is 24.0. The number of aromatic nitrogens is 4. The van der Waals surface area contributed by atoms with Crippen molar-refractivity contribution in [1.82, 2.24) is 29.8 Å². The summed E-state index contributed by atoms with van der Waals surface area (Å²) in [6.07, 6.45) is 6.10. The summed E-state index contributed by atoms with van der Waals surface area (Å²) in [5.74, 6) is 0.0601. The van der Waals surface area contributed by atoms with Crippen LogP contribution in [-0.4, -0.2) is 88.0 Å². The number of aryl methyl sites for hydroxylation is 1. The molecule has 42 heavy (non-hydrogen) atoms. The molecule has 1 N–H and O–H groups in total. The van der Waals surface area contributed by atoms with Crippen LogP contribution in [-0.2, 0) is 11.3 Å². The first-order valence-corrected chi connectivity index (χ1v) is 14.3. The topological polar surface area (TPSA) is 99.6 Å². The maximum absolute atomic E-state index is 15.9. The Morgan fingerprint density at radius 1 is 1.10 bits per heavy atom. The van der Waals surface area contributed by atoms with Crippen molar-refractivity contribution in [2.75, 3.05) is 51.3 Å². The van der Waals surface area contributed by atoms with Gasteiger partial charge in [-0.05, 0) is 36.3 Å². The first kappa shape index (κ1) is 27.8. The number of anilines is 1. The average molecular weight is 592 g/mol. The van der Waals surface area contributed by atoms with Crippen molar-refractivity contribution in [1.29, 1.82) is 0 Å². The normalized spacial score (nSPS) is 15.7. The molecule has 0 bridgehead atoms. The zero-order valence-electron chi connectivity index (χ0n) is 23.2. The Kier molecular flexibility index (Phi) is 7.84. The van der Waals surface area contributed by atoms with Crippen LogP contribution in [0.3, 0.4) is 0 Å². The van der Waals surface area contributed by atoms with Crippen molar-refractivity contribution in [2.24, 2.45) is 0 Å². The lowest BCUT2D eigenvalue weighted by atomic mass is 9.99. The second-order valence-corrected chi connectivity index (χ2v) is 10.8. The second kappa shape index (κ2) is 11.8. The summed E-state index contributed by atoms with van der Waals surface area (Å²) in [4.78, 5) is 35.0. The lowest BCUT2D eigenvalue weighted by Crippen LogP contribution is -2.49. The Balaban J connectivity index is 1.16. The number of fused-ring (bicyclic) bond motifs is 1. The molecule has 1 saturated heterocycles. The van der Waals surface area contributed by atoms with Crippen LogP contribution in [0.5, 0.6) is 5.75 Å². The smallest absolute Gasteiger partial charge is 0.270 e. The SMILES string of the molecule is COc1ccccc1N1CCN(C(=O)c2cc3c(Cl)cc(C4=CCCN(C(=O)CCn5ccnn5)C4)c(F)c3[nH]2)CC1. The van der Waals surface area contributed by atoms with Crippen molar-refractivity contribution in [3.63, 3.8) is 0 Å². The predicted octanol–water partition coefficient (Wildman–Crippen LogP) is 4.23. The predicted molar refractivity (Wildman–Crippen MR) is 158 cm³/mol. The molecule has 4 heterocycles. The molecule has 12 heteroatoms. The van der Waals surface area contributed by atoms with E-state index in [2.05, 4.69) is 20.2 Å². The van der Waals surface area contributed by atoms with Gasteiger partial charge in [0.1, 0.15) is 11.4 Å². The van der Waals surface area contributed by atoms with Crippen LogP contribution in [0, 0.1) is 5.82 Å². The molecule has 0 spiro atoms. The summed E-state index contributed by atoms with van der Waals surface area (Å²) in [6.45, 7) is 3.58. The first-order valence-electron chi connectivity index (χ1n) is 13.9. The Labute approximate surface area is 247 Å². The molecule has 2 aromatic carbocycles. The number of carbonyl (C=O) groups is 2. The van der Waals surface area contributed by atoms with Crippen LogP contribution in [0.4, 0.5) is 10.1 Å². The number of hydrogen-bond donors (Lipinski definition) is 1. The summed E-state index contributed by atoms with van der Waals surface area (Å²) in [5.41, 5.74) is 2.48. The highest BCUT2D eigenvalue weighted by Gasteiger charge is 2.27. The van der Waals surface area contributed by atoms with Crippen LogP contribution >= 0.6 is 11.6 Å². The molecule has 0 saturated carbocycles. The number of benzene rings is 2. The monoisotopic (exact) mass is 591 g/mol. The van der Waals surface area contributed by atoms with Gasteiger partial charge in [-0.15, -0.1) is 5.10 Å². The number of nitrogens with zero attached hydrogens (tertiary/aromatic N) is 6. The third-order valence-corrected chi connectivity index (χ3v) is 8.21. The van der Waals surface area contributed by atoms with E-state index in [1.165, 1.54) is 0 Å². The summed E-state index contributed by atoms with van der Waals surface area (Å²) in [7, 11) is 1.65. The van der Waals surface area contributed by atoms with E-state index in [9.17, 15) is 9.59 Å². The number of halogens is 2. The molecule has 218 valence electrons. The number of hydrogen-bond acceptors (Lipinski definition) is 6. The van der Waals surface area contributed by atoms with Crippen molar-refractivity contribution in [3.8, 4) is 5.75 Å². The number of ether oxygens (including phenoxy) is 1. The fraction of sp³-hybridized carbons (Fsp3) is 0.333. The molecule has 1 fully saturated rings. The Hall–Kier alpha value is -4.38. The maximum Gasteiger partial charge on any atom is 0.270 e. The number of aromatic amines is 1. The highest BCUT2D eigenvalue weighted by Crippen LogP contribution is 2.35. The molecular weight excluding hydrogens is 561 g/mol. The largest absolute Gasteiger partial charge is 0.495 e. The molecule has 6 rings (SSSR count). The first-order chi connectivity index (χ1) is 20.4. The van der Waals surface area contributed by atoms with Gasteiger partial charge < -0.3 is 24.4 Å². The van der Waals surface area contributed by atoms with Gasteiger partial charge in [-0.3, -0.25) is 14.3 Å². The van der Waals surface area contributed by atoms with Gasteiger partial charge in [0.05, 0.1) is 36.1 Å². The van der Waals surface area contributed by atoms with Gasteiger partial charge >= 0.3 is 0 Å². The second-order valence-electron chi connectivity index (χ2n) is 10.4. The molecule has 0 atom stereocenters. The lowest BCUT2D eigenvalue weighted by molar-refractivity contribution is -0.131. The molecule has 10 nitrogen and oxygen atoms in total. The van der Waals surface area contributed by atoms with Gasteiger partial charge in [0.15, 0.2) is 5.82 Å². The Bertz CT molecular complexity index is 1640. The van der Waals surface area contributed by atoms with Crippen molar-refractivity contribution < 1.29 is 18.7 Å². The van der Waals surface area contributed by atoms with E-state index in [4.69, 9.17) is 16.3 Å². The maximum atomic E-state index is 15.9. The fourth-order valence-corrected chi connectivity index (χ4v) is 5.91. The number of carbonyl (C=O) groups excluding carboxylic acids is 2. The minimum atomic E-state index is -0.488. The van der Waals surface area contributed by atoms with Crippen molar-refractivity contribution >= 4 is 45.6 Å². The summed E-state index contributed by atoms with van der Waals surface area (Å²) in [6, 6.07) is 11.0. The Morgan fingerprint density at radius 3 is 2.67 bits per heavy atom. The van der Waals surface area contributed by atoms with Crippen molar-refractivity contribution in [2.45, 2.75) is 19.4 Å². The van der Waals surface area contributed by atoms with Crippen LogP contribution in [0.2, 0.25) is 5.02 Å². The van der Waals surface area contributed by atoms with E-state index in [0.29, 0.717) is 67.2 Å². The van der Waals surface area contributed by atoms with E-state index >= 15 is 4.39 Å². The number of H-pyrrole nitrogens is 1. The molecule has 0 unspecified atom stereocenters. The van der Waals surface area contributed by atoms with Crippen LogP contribution in [0.25, 0.3) is 16.5 Å². The lowest BCUT2D eigenvalue weighted by Gasteiger charge is -2.36. The van der Waals surface area contributed by atoms with Gasteiger partial charge in [0.25, 0.3) is 5.91 Å². The van der Waals surface area contributed by atoms with Gasteiger partial charge in [0.2, 0.25) is 5.91 Å². The van der Waals surface area contributed by atoms with Crippen molar-refractivity contribution in [3.05, 3.63) is 77.0 Å². The van der Waals surface area contributed by atoms with E-state index in [1.807, 2.05) is 30.3 Å². The van der Waals surface area contributed by atoms with Gasteiger partial charge in [-0.25, -0.2) is 4.39 Å². The molecule has 4 aromatic rings. The highest BCUT2D eigenvalue weighted by molar-refractivity contribution is 6.36. The number of nitrogens with one attached hydrogen (secondary N) is 1. The summed E-state index contributed by atoms with van der Waals surface area (Å²) >= 11 is 6.62. The number of para-hydroxylation sites is 2. The average Bonchev–Trinajstić information content (AvgIpc) is 3.73. The molecular formula is C30H31ClFN7O3. The van der Waals surface area contributed by atoms with E-state index in [-0.39, 0.29) is 36.0 Å². The third kappa shape index (κ3) is 5.44. The third-order valence-electron chi connectivity index (χ3n) is 7.90. The minimum Gasteiger partial charge on any atom is -0.495 e. The van der Waals surface area contributed by atoms with Gasteiger partial charge in [0, 0.05) is 62.8 Å². The molecule has 2 aromatic heterocycles. The zero-order chi connectivity index (χ0) is 29.2. The van der Waals surface area contributed by atoms with Gasteiger partial charge in [-0.2, -0.15) is 0 Å². The van der Waals surface area contributed by atoms with Crippen LogP contribution in [0.15, 0.2) is 54.9 Å². The number of piperazine rings is 1. The summed E-state index contributed by atoms with van der Waals surface area (Å²) in [5, 5.41) is 8.44. The quantitative estimate of drug-likeness (QED) is 0.345. The number of rotatable bonds is 7. The number of amides is 2. The molecule has 0 aliphatic carbocycles. The molecule has 2 aliphatic heterocycles. The molecule has 2 aliphatic rings. The Morgan fingerprint density at radius 2 is 1.90 bits per heavy atom. The van der Waals surface area contributed by atoms with Gasteiger partial charge in [-0.1, -0.05) is 35.0 Å². The summed E-state index contributed by atoms with van der Waals surface area (Å²) < 4.78 is 23.0. The van der Waals surface area contributed by atoms with E-state index in [0.717, 1.165) is 11.4 Å².